The zero-order chi connectivity index (χ0) is 15.8. The van der Waals surface area contributed by atoms with Crippen LogP contribution in [-0.2, 0) is 16.1 Å². The summed E-state index contributed by atoms with van der Waals surface area (Å²) in [5.41, 5.74) is 7.06. The summed E-state index contributed by atoms with van der Waals surface area (Å²) in [4.78, 5) is 25.1. The van der Waals surface area contributed by atoms with Crippen molar-refractivity contribution in [1.29, 1.82) is 0 Å². The highest BCUT2D eigenvalue weighted by Gasteiger charge is 2.15. The molecule has 0 fully saturated rings. The van der Waals surface area contributed by atoms with E-state index < -0.39 is 0 Å². The maximum Gasteiger partial charge on any atom is 0.251 e. The van der Waals surface area contributed by atoms with Crippen LogP contribution in [0.3, 0.4) is 0 Å². The minimum atomic E-state index is -0.254. The molecule has 6 nitrogen and oxygen atoms in total. The summed E-state index contributed by atoms with van der Waals surface area (Å²) in [5, 5.41) is 2.56. The molecule has 116 valence electrons. The number of rotatable bonds is 7. The predicted molar refractivity (Wildman–Crippen MR) is 80.8 cm³/mol. The number of benzene rings is 1. The molecule has 1 rings (SSSR count). The van der Waals surface area contributed by atoms with Gasteiger partial charge in [0.2, 0.25) is 5.91 Å². The Morgan fingerprint density at radius 1 is 1.33 bits per heavy atom. The molecule has 0 saturated carbocycles. The van der Waals surface area contributed by atoms with Gasteiger partial charge in [-0.1, -0.05) is 12.1 Å². The molecule has 0 radical (unpaired) electrons. The average molecular weight is 293 g/mol. The summed E-state index contributed by atoms with van der Waals surface area (Å²) in [6, 6.07) is 7.16. The number of carbonyl (C=O) groups excluding carboxylic acids is 2. The Kier molecular flexibility index (Phi) is 6.84. The predicted octanol–water partition coefficient (Wildman–Crippen LogP) is 0.368. The maximum absolute atomic E-state index is 12.0. The number of nitrogens with one attached hydrogen (secondary N) is 1. The topological polar surface area (TPSA) is 84.7 Å². The first kappa shape index (κ1) is 17.1. The maximum atomic E-state index is 12.0. The fourth-order valence-electron chi connectivity index (χ4n) is 1.88. The van der Waals surface area contributed by atoms with E-state index in [1.165, 1.54) is 0 Å². The van der Waals surface area contributed by atoms with Crippen LogP contribution >= 0.6 is 0 Å². The van der Waals surface area contributed by atoms with Crippen LogP contribution in [0.4, 0.5) is 0 Å². The fraction of sp³-hybridized carbons (Fsp3) is 0.467. The number of nitrogens with two attached hydrogens (primary N) is 1. The van der Waals surface area contributed by atoms with Crippen molar-refractivity contribution in [3.63, 3.8) is 0 Å². The molecule has 1 unspecified atom stereocenters. The molecule has 1 atom stereocenters. The summed E-state index contributed by atoms with van der Waals surface area (Å²) < 4.78 is 5.11. The summed E-state index contributed by atoms with van der Waals surface area (Å²) in [7, 11) is 4.87. The molecule has 6 heteroatoms. The molecule has 3 N–H and O–H groups in total. The Morgan fingerprint density at radius 2 is 1.95 bits per heavy atom. The highest BCUT2D eigenvalue weighted by atomic mass is 16.5. The minimum absolute atomic E-state index is 0.0253. The second-order valence-electron chi connectivity index (χ2n) is 4.82. The van der Waals surface area contributed by atoms with Crippen LogP contribution in [0.1, 0.15) is 22.3 Å². The van der Waals surface area contributed by atoms with E-state index in [2.05, 4.69) is 5.32 Å². The van der Waals surface area contributed by atoms with Gasteiger partial charge in [0.05, 0.1) is 12.5 Å². The average Bonchev–Trinajstić information content (AvgIpc) is 2.52. The first-order valence-electron chi connectivity index (χ1n) is 6.79. The number of hydrogen-bond acceptors (Lipinski definition) is 4. The minimum Gasteiger partial charge on any atom is -0.380 e. The van der Waals surface area contributed by atoms with E-state index in [0.717, 1.165) is 5.56 Å². The zero-order valence-electron chi connectivity index (χ0n) is 12.8. The Labute approximate surface area is 125 Å². The van der Waals surface area contributed by atoms with Crippen molar-refractivity contribution < 1.29 is 14.3 Å². The third-order valence-corrected chi connectivity index (χ3v) is 3.29. The zero-order valence-corrected chi connectivity index (χ0v) is 12.8. The number of nitrogens with zero attached hydrogens (tertiary/aromatic N) is 1. The van der Waals surface area contributed by atoms with Crippen molar-refractivity contribution in [2.24, 2.45) is 5.73 Å². The van der Waals surface area contributed by atoms with Crippen molar-refractivity contribution in [3.05, 3.63) is 35.4 Å². The van der Waals surface area contributed by atoms with Gasteiger partial charge in [-0.2, -0.15) is 0 Å². The number of hydrogen-bond donors (Lipinski definition) is 2. The molecule has 0 aromatic heterocycles. The summed E-state index contributed by atoms with van der Waals surface area (Å²) >= 11 is 0. The van der Waals surface area contributed by atoms with Gasteiger partial charge in [-0.25, -0.2) is 0 Å². The monoisotopic (exact) mass is 293 g/mol. The second kappa shape index (κ2) is 8.39. The van der Waals surface area contributed by atoms with Crippen molar-refractivity contribution in [2.45, 2.75) is 19.1 Å². The van der Waals surface area contributed by atoms with E-state index in [0.29, 0.717) is 18.7 Å². The standard InChI is InChI=1S/C15H23N3O3/c1-17-15(20)12-6-4-11(5-7-12)10-18(2)14(19)8-13(9-16)21-3/h4-7,13H,8-10,16H2,1-3H3,(H,17,20). The summed E-state index contributed by atoms with van der Waals surface area (Å²) in [5.74, 6) is -0.153. The fourth-order valence-corrected chi connectivity index (χ4v) is 1.88. The third-order valence-electron chi connectivity index (χ3n) is 3.29. The normalized spacial score (nSPS) is 11.8. The van der Waals surface area contributed by atoms with Crippen molar-refractivity contribution in [3.8, 4) is 0 Å². The Bertz CT molecular complexity index is 470. The summed E-state index contributed by atoms with van der Waals surface area (Å²) in [6.45, 7) is 0.796. The number of ether oxygens (including phenoxy) is 1. The Hall–Kier alpha value is -1.92. The van der Waals surface area contributed by atoms with Gasteiger partial charge in [0.1, 0.15) is 0 Å². The lowest BCUT2D eigenvalue weighted by Crippen LogP contribution is -2.33. The van der Waals surface area contributed by atoms with Crippen molar-refractivity contribution >= 4 is 11.8 Å². The Morgan fingerprint density at radius 3 is 2.43 bits per heavy atom. The highest BCUT2D eigenvalue weighted by Crippen LogP contribution is 2.08. The van der Waals surface area contributed by atoms with E-state index in [1.807, 2.05) is 12.1 Å². The van der Waals surface area contributed by atoms with Crippen LogP contribution in [0.25, 0.3) is 0 Å². The molecular weight excluding hydrogens is 270 g/mol. The van der Waals surface area contributed by atoms with Crippen molar-refractivity contribution in [2.75, 3.05) is 27.7 Å². The van der Waals surface area contributed by atoms with E-state index in [-0.39, 0.29) is 24.3 Å². The molecular formula is C15H23N3O3. The quantitative estimate of drug-likeness (QED) is 0.760. The number of amides is 2. The molecule has 2 amide bonds. The van der Waals surface area contributed by atoms with Crippen molar-refractivity contribution in [1.82, 2.24) is 10.2 Å². The van der Waals surface area contributed by atoms with Gasteiger partial charge in [-0.05, 0) is 17.7 Å². The lowest BCUT2D eigenvalue weighted by atomic mass is 10.1. The SMILES string of the molecule is CNC(=O)c1ccc(CN(C)C(=O)CC(CN)OC)cc1. The molecule has 0 bridgehead atoms. The molecule has 1 aromatic carbocycles. The summed E-state index contributed by atoms with van der Waals surface area (Å²) in [6.07, 6.45) is 0.00962. The second-order valence-corrected chi connectivity index (χ2v) is 4.82. The lowest BCUT2D eigenvalue weighted by molar-refractivity contribution is -0.132. The van der Waals surface area contributed by atoms with Crippen LogP contribution in [-0.4, -0.2) is 50.6 Å². The lowest BCUT2D eigenvalue weighted by Gasteiger charge is -2.20. The molecule has 0 aliphatic heterocycles. The van der Waals surface area contributed by atoms with Crippen LogP contribution in [0.5, 0.6) is 0 Å². The van der Waals surface area contributed by atoms with Crippen LogP contribution in [0.15, 0.2) is 24.3 Å². The molecule has 0 aliphatic rings. The molecule has 0 saturated heterocycles. The van der Waals surface area contributed by atoms with Gasteiger partial charge in [0, 0.05) is 39.9 Å². The van der Waals surface area contributed by atoms with Gasteiger partial charge in [-0.15, -0.1) is 0 Å². The van der Waals surface area contributed by atoms with E-state index in [1.54, 1.807) is 38.2 Å². The molecule has 21 heavy (non-hydrogen) atoms. The number of carbonyl (C=O) groups is 2. The van der Waals surface area contributed by atoms with Gasteiger partial charge in [0.15, 0.2) is 0 Å². The number of methoxy groups -OCH3 is 1. The molecule has 0 heterocycles. The van der Waals surface area contributed by atoms with E-state index >= 15 is 0 Å². The van der Waals surface area contributed by atoms with Crippen LogP contribution < -0.4 is 11.1 Å². The molecule has 0 spiro atoms. The van der Waals surface area contributed by atoms with Crippen LogP contribution in [0.2, 0.25) is 0 Å². The van der Waals surface area contributed by atoms with Crippen LogP contribution in [0, 0.1) is 0 Å². The third kappa shape index (κ3) is 5.17. The molecule has 0 aliphatic carbocycles. The Balaban J connectivity index is 2.60. The molecule has 1 aromatic rings. The van der Waals surface area contributed by atoms with Gasteiger partial charge >= 0.3 is 0 Å². The first-order valence-corrected chi connectivity index (χ1v) is 6.79. The largest absolute Gasteiger partial charge is 0.380 e. The van der Waals surface area contributed by atoms with Gasteiger partial charge in [0.25, 0.3) is 5.91 Å². The van der Waals surface area contributed by atoms with E-state index in [9.17, 15) is 9.59 Å². The first-order chi connectivity index (χ1) is 10.0. The smallest absolute Gasteiger partial charge is 0.251 e. The van der Waals surface area contributed by atoms with Gasteiger partial charge < -0.3 is 20.7 Å². The highest BCUT2D eigenvalue weighted by molar-refractivity contribution is 5.93. The van der Waals surface area contributed by atoms with Gasteiger partial charge in [-0.3, -0.25) is 9.59 Å². The van der Waals surface area contributed by atoms with E-state index in [4.69, 9.17) is 10.5 Å².